The van der Waals surface area contributed by atoms with Gasteiger partial charge in [-0.2, -0.15) is 10.2 Å². The van der Waals surface area contributed by atoms with Crippen molar-refractivity contribution in [2.75, 3.05) is 7.05 Å². The van der Waals surface area contributed by atoms with E-state index in [1.807, 2.05) is 23.5 Å². The van der Waals surface area contributed by atoms with Gasteiger partial charge < -0.3 is 5.32 Å². The lowest BCUT2D eigenvalue weighted by molar-refractivity contribution is 0.535. The van der Waals surface area contributed by atoms with Crippen LogP contribution in [0.15, 0.2) is 12.3 Å². The summed E-state index contributed by atoms with van der Waals surface area (Å²) in [5, 5.41) is 12.8. The highest BCUT2D eigenvalue weighted by Gasteiger charge is 2.23. The number of hydrogen-bond donors (Lipinski definition) is 1. The largest absolute Gasteiger partial charge is 0.307 e. The van der Waals surface area contributed by atoms with Crippen LogP contribution in [-0.2, 0) is 20.0 Å². The molecule has 0 aliphatic carbocycles. The Hall–Kier alpha value is -1.33. The average molecular weight is 282 g/mol. The van der Waals surface area contributed by atoms with Crippen molar-refractivity contribution in [3.63, 3.8) is 0 Å². The van der Waals surface area contributed by atoms with Crippen LogP contribution in [0.3, 0.4) is 0 Å². The van der Waals surface area contributed by atoms with Gasteiger partial charge in [0.15, 0.2) is 0 Å². The molecule has 2 rings (SSSR count). The summed E-state index contributed by atoms with van der Waals surface area (Å²) in [5.74, 6) is 0. The van der Waals surface area contributed by atoms with E-state index in [4.69, 9.17) is 11.6 Å². The fourth-order valence-corrected chi connectivity index (χ4v) is 2.57. The predicted molar refractivity (Wildman–Crippen MR) is 76.4 cm³/mol. The highest BCUT2D eigenvalue weighted by atomic mass is 35.5. The number of hydrogen-bond acceptors (Lipinski definition) is 3. The molecule has 104 valence electrons. The number of nitrogens with one attached hydrogen (secondary N) is 1. The lowest BCUT2D eigenvalue weighted by Crippen LogP contribution is -2.24. The molecular weight excluding hydrogens is 262 g/mol. The van der Waals surface area contributed by atoms with Gasteiger partial charge in [0.05, 0.1) is 34.3 Å². The molecule has 1 atom stereocenters. The first-order valence-corrected chi connectivity index (χ1v) is 6.91. The van der Waals surface area contributed by atoms with Gasteiger partial charge in [-0.1, -0.05) is 18.5 Å². The summed E-state index contributed by atoms with van der Waals surface area (Å²) in [4.78, 5) is 0. The van der Waals surface area contributed by atoms with E-state index in [1.165, 1.54) is 0 Å². The Morgan fingerprint density at radius 3 is 2.68 bits per heavy atom. The first-order valence-electron chi connectivity index (χ1n) is 6.53. The maximum absolute atomic E-state index is 6.29. The molecule has 0 saturated carbocycles. The van der Waals surface area contributed by atoms with Crippen molar-refractivity contribution >= 4 is 11.6 Å². The van der Waals surface area contributed by atoms with Gasteiger partial charge in [0.2, 0.25) is 0 Å². The third-order valence-corrected chi connectivity index (χ3v) is 3.61. The van der Waals surface area contributed by atoms with Gasteiger partial charge in [-0.25, -0.2) is 0 Å². The predicted octanol–water partition coefficient (Wildman–Crippen LogP) is 2.16. The van der Waals surface area contributed by atoms with Crippen LogP contribution in [0.4, 0.5) is 0 Å². The maximum Gasteiger partial charge on any atom is 0.0931 e. The third-order valence-electron chi connectivity index (χ3n) is 3.32. The summed E-state index contributed by atoms with van der Waals surface area (Å²) in [6, 6.07) is 2.11. The Morgan fingerprint density at radius 1 is 1.42 bits per heavy atom. The van der Waals surface area contributed by atoms with Crippen LogP contribution < -0.4 is 5.32 Å². The lowest BCUT2D eigenvalue weighted by Gasteiger charge is -2.18. The van der Waals surface area contributed by atoms with E-state index in [-0.39, 0.29) is 6.04 Å². The molecule has 0 saturated heterocycles. The molecule has 2 aromatic rings. The fraction of sp³-hybridized carbons (Fsp3) is 0.538. The third kappa shape index (κ3) is 2.53. The van der Waals surface area contributed by atoms with E-state index in [0.717, 1.165) is 30.0 Å². The van der Waals surface area contributed by atoms with E-state index < -0.39 is 0 Å². The number of aromatic nitrogens is 4. The van der Waals surface area contributed by atoms with Crippen LogP contribution in [0.5, 0.6) is 0 Å². The fourth-order valence-electron chi connectivity index (χ4n) is 2.32. The van der Waals surface area contributed by atoms with Crippen molar-refractivity contribution < 1.29 is 0 Å². The molecule has 0 amide bonds. The Bertz CT molecular complexity index is 557. The van der Waals surface area contributed by atoms with E-state index in [2.05, 4.69) is 35.4 Å². The summed E-state index contributed by atoms with van der Waals surface area (Å²) >= 11 is 6.29. The lowest BCUT2D eigenvalue weighted by atomic mass is 10.1. The summed E-state index contributed by atoms with van der Waals surface area (Å²) in [7, 11) is 3.88. The molecule has 0 fully saturated rings. The molecule has 2 heterocycles. The van der Waals surface area contributed by atoms with Gasteiger partial charge in [-0.05, 0) is 26.5 Å². The minimum atomic E-state index is -0.00671. The van der Waals surface area contributed by atoms with Crippen molar-refractivity contribution in [3.8, 4) is 0 Å². The molecule has 0 aliphatic rings. The first kappa shape index (κ1) is 14.1. The van der Waals surface area contributed by atoms with Crippen LogP contribution >= 0.6 is 11.6 Å². The second-order valence-electron chi connectivity index (χ2n) is 4.45. The molecule has 1 N–H and O–H groups in total. The smallest absolute Gasteiger partial charge is 0.0931 e. The average Bonchev–Trinajstić information content (AvgIpc) is 2.96. The summed E-state index contributed by atoms with van der Waals surface area (Å²) < 4.78 is 3.82. The standard InChI is InChI=1S/C13H20ClN5/c1-5-9-7-11(18(4)17-9)12(15-3)13-10(14)8-16-19(13)6-2/h7-8,12,15H,5-6H2,1-4H3. The van der Waals surface area contributed by atoms with Crippen molar-refractivity contribution in [1.82, 2.24) is 24.9 Å². The number of rotatable bonds is 5. The van der Waals surface area contributed by atoms with Gasteiger partial charge in [0.1, 0.15) is 0 Å². The van der Waals surface area contributed by atoms with Gasteiger partial charge in [0.25, 0.3) is 0 Å². The molecule has 1 unspecified atom stereocenters. The summed E-state index contributed by atoms with van der Waals surface area (Å²) in [6.45, 7) is 4.95. The van der Waals surface area contributed by atoms with Crippen molar-refractivity contribution in [2.45, 2.75) is 32.9 Å². The van der Waals surface area contributed by atoms with E-state index in [9.17, 15) is 0 Å². The van der Waals surface area contributed by atoms with Crippen molar-refractivity contribution in [3.05, 3.63) is 34.4 Å². The molecule has 6 heteroatoms. The highest BCUT2D eigenvalue weighted by molar-refractivity contribution is 6.31. The summed E-state index contributed by atoms with van der Waals surface area (Å²) in [5.41, 5.74) is 3.16. The van der Waals surface area contributed by atoms with Crippen LogP contribution in [0.25, 0.3) is 0 Å². The number of nitrogens with zero attached hydrogens (tertiary/aromatic N) is 4. The highest BCUT2D eigenvalue weighted by Crippen LogP contribution is 2.28. The molecule has 5 nitrogen and oxygen atoms in total. The molecule has 0 radical (unpaired) electrons. The van der Waals surface area contributed by atoms with E-state index in [1.54, 1.807) is 6.20 Å². The Kier molecular flexibility index (Phi) is 4.27. The molecule has 0 spiro atoms. The van der Waals surface area contributed by atoms with Crippen LogP contribution in [-0.4, -0.2) is 26.6 Å². The van der Waals surface area contributed by atoms with Crippen molar-refractivity contribution in [2.24, 2.45) is 7.05 Å². The Labute approximate surface area is 118 Å². The van der Waals surface area contributed by atoms with Gasteiger partial charge in [-0.15, -0.1) is 0 Å². The van der Waals surface area contributed by atoms with Crippen LogP contribution in [0.1, 0.15) is 37.0 Å². The zero-order valence-corrected chi connectivity index (χ0v) is 12.6. The van der Waals surface area contributed by atoms with Gasteiger partial charge >= 0.3 is 0 Å². The second kappa shape index (κ2) is 5.75. The first-order chi connectivity index (χ1) is 9.12. The summed E-state index contributed by atoms with van der Waals surface area (Å²) in [6.07, 6.45) is 2.62. The molecule has 19 heavy (non-hydrogen) atoms. The Morgan fingerprint density at radius 2 is 2.16 bits per heavy atom. The second-order valence-corrected chi connectivity index (χ2v) is 4.86. The Balaban J connectivity index is 2.49. The monoisotopic (exact) mass is 281 g/mol. The maximum atomic E-state index is 6.29. The van der Waals surface area contributed by atoms with Crippen molar-refractivity contribution in [1.29, 1.82) is 0 Å². The van der Waals surface area contributed by atoms with Crippen LogP contribution in [0, 0.1) is 0 Å². The minimum Gasteiger partial charge on any atom is -0.307 e. The molecule has 2 aromatic heterocycles. The normalized spacial score (nSPS) is 12.9. The van der Waals surface area contributed by atoms with Gasteiger partial charge in [0, 0.05) is 13.6 Å². The topological polar surface area (TPSA) is 47.7 Å². The molecule has 0 bridgehead atoms. The van der Waals surface area contributed by atoms with E-state index in [0.29, 0.717) is 5.02 Å². The van der Waals surface area contributed by atoms with E-state index >= 15 is 0 Å². The zero-order chi connectivity index (χ0) is 14.0. The number of aryl methyl sites for hydroxylation is 3. The quantitative estimate of drug-likeness (QED) is 0.914. The molecular formula is C13H20ClN5. The van der Waals surface area contributed by atoms with Gasteiger partial charge in [-0.3, -0.25) is 9.36 Å². The van der Waals surface area contributed by atoms with Crippen LogP contribution in [0.2, 0.25) is 5.02 Å². The number of halogens is 1. The minimum absolute atomic E-state index is 0.00671. The molecule has 0 aliphatic heterocycles. The zero-order valence-electron chi connectivity index (χ0n) is 11.8. The molecule has 0 aromatic carbocycles. The SMILES string of the molecule is CCc1cc(C(NC)c2c(Cl)cnn2CC)n(C)n1.